The van der Waals surface area contributed by atoms with Gasteiger partial charge in [-0.2, -0.15) is 0 Å². The van der Waals surface area contributed by atoms with Crippen molar-refractivity contribution in [3.8, 4) is 0 Å². The Morgan fingerprint density at radius 2 is 1.87 bits per heavy atom. The van der Waals surface area contributed by atoms with E-state index in [-0.39, 0.29) is 17.9 Å². The molecular formula is C26H33FN2O2. The molecule has 0 radical (unpaired) electrons. The summed E-state index contributed by atoms with van der Waals surface area (Å²) in [6.45, 7) is 6.63. The first kappa shape index (κ1) is 21.8. The van der Waals surface area contributed by atoms with E-state index < -0.39 is 11.4 Å². The molecule has 2 aromatic carbocycles. The van der Waals surface area contributed by atoms with Gasteiger partial charge in [-0.1, -0.05) is 31.0 Å². The Kier molecular flexibility index (Phi) is 6.33. The zero-order valence-corrected chi connectivity index (χ0v) is 18.6. The van der Waals surface area contributed by atoms with Gasteiger partial charge in [0.15, 0.2) is 0 Å². The van der Waals surface area contributed by atoms with E-state index in [9.17, 15) is 14.3 Å². The number of anilines is 1. The number of halogens is 1. The Bertz CT molecular complexity index is 912. The summed E-state index contributed by atoms with van der Waals surface area (Å²) >= 11 is 0. The first-order valence-corrected chi connectivity index (χ1v) is 11.6. The van der Waals surface area contributed by atoms with Crippen LogP contribution in [0.25, 0.3) is 0 Å². The van der Waals surface area contributed by atoms with Crippen LogP contribution >= 0.6 is 0 Å². The van der Waals surface area contributed by atoms with Gasteiger partial charge in [0.1, 0.15) is 5.82 Å². The SMILES string of the molecule is CCN(CC)c1ccc([C@@H]2[C@H]3CCCC[C@]3(O)CCN2C(=O)c2cccc(F)c2)cc1. The second-order valence-electron chi connectivity index (χ2n) is 8.92. The van der Waals surface area contributed by atoms with Crippen LogP contribution in [0.15, 0.2) is 48.5 Å². The number of rotatable bonds is 5. The molecule has 4 nitrogen and oxygen atoms in total. The highest BCUT2D eigenvalue weighted by molar-refractivity contribution is 5.94. The number of aliphatic hydroxyl groups is 1. The predicted molar refractivity (Wildman–Crippen MR) is 122 cm³/mol. The fraction of sp³-hybridized carbons (Fsp3) is 0.500. The minimum atomic E-state index is -0.737. The quantitative estimate of drug-likeness (QED) is 0.719. The summed E-state index contributed by atoms with van der Waals surface area (Å²) in [5.74, 6) is -0.575. The van der Waals surface area contributed by atoms with Gasteiger partial charge in [-0.15, -0.1) is 0 Å². The maximum atomic E-state index is 13.8. The fourth-order valence-electron chi connectivity index (χ4n) is 5.58. The number of amides is 1. The average molecular weight is 425 g/mol. The third-order valence-corrected chi connectivity index (χ3v) is 7.26. The van der Waals surface area contributed by atoms with Crippen LogP contribution in [0.3, 0.4) is 0 Å². The molecule has 1 saturated heterocycles. The molecule has 1 N–H and O–H groups in total. The zero-order chi connectivity index (χ0) is 22.0. The van der Waals surface area contributed by atoms with Crippen molar-refractivity contribution in [3.05, 3.63) is 65.5 Å². The summed E-state index contributed by atoms with van der Waals surface area (Å²) in [4.78, 5) is 17.6. The highest BCUT2D eigenvalue weighted by atomic mass is 19.1. The van der Waals surface area contributed by atoms with Crippen LogP contribution in [0.5, 0.6) is 0 Å². The number of fused-ring (bicyclic) bond motifs is 1. The van der Waals surface area contributed by atoms with Gasteiger partial charge in [-0.05, 0) is 69.0 Å². The number of likely N-dealkylation sites (tertiary alicyclic amines) is 1. The van der Waals surface area contributed by atoms with E-state index in [2.05, 4.69) is 43.0 Å². The van der Waals surface area contributed by atoms with Crippen molar-refractivity contribution in [1.82, 2.24) is 4.90 Å². The molecule has 2 aliphatic rings. The van der Waals surface area contributed by atoms with Crippen molar-refractivity contribution in [2.75, 3.05) is 24.5 Å². The van der Waals surface area contributed by atoms with Gasteiger partial charge < -0.3 is 14.9 Å². The van der Waals surface area contributed by atoms with E-state index in [0.717, 1.165) is 50.0 Å². The van der Waals surface area contributed by atoms with Gasteiger partial charge in [0, 0.05) is 36.8 Å². The maximum absolute atomic E-state index is 13.8. The van der Waals surface area contributed by atoms with Crippen LogP contribution in [-0.4, -0.2) is 41.1 Å². The van der Waals surface area contributed by atoms with Gasteiger partial charge in [0.25, 0.3) is 5.91 Å². The number of hydrogen-bond acceptors (Lipinski definition) is 3. The normalized spacial score (nSPS) is 25.7. The number of piperidine rings is 1. The van der Waals surface area contributed by atoms with Gasteiger partial charge in [0.05, 0.1) is 11.6 Å². The summed E-state index contributed by atoms with van der Waals surface area (Å²) < 4.78 is 13.8. The maximum Gasteiger partial charge on any atom is 0.254 e. The topological polar surface area (TPSA) is 43.8 Å². The molecule has 166 valence electrons. The summed E-state index contributed by atoms with van der Waals surface area (Å²) in [5, 5.41) is 11.4. The lowest BCUT2D eigenvalue weighted by Crippen LogP contribution is -2.56. The van der Waals surface area contributed by atoms with Crippen LogP contribution in [0.2, 0.25) is 0 Å². The molecule has 0 bridgehead atoms. The van der Waals surface area contributed by atoms with Crippen LogP contribution < -0.4 is 4.90 Å². The molecular weight excluding hydrogens is 391 g/mol. The molecule has 1 heterocycles. The number of carbonyl (C=O) groups is 1. The monoisotopic (exact) mass is 424 g/mol. The summed E-state index contributed by atoms with van der Waals surface area (Å²) in [6, 6.07) is 14.1. The average Bonchev–Trinajstić information content (AvgIpc) is 2.79. The number of nitrogens with zero attached hydrogens (tertiary/aromatic N) is 2. The Morgan fingerprint density at radius 3 is 2.55 bits per heavy atom. The first-order chi connectivity index (χ1) is 15.0. The van der Waals surface area contributed by atoms with Crippen LogP contribution in [0.1, 0.15) is 67.9 Å². The third kappa shape index (κ3) is 4.20. The summed E-state index contributed by atoms with van der Waals surface area (Å²) in [5.41, 5.74) is 1.84. The van der Waals surface area contributed by atoms with E-state index >= 15 is 0 Å². The molecule has 4 rings (SSSR count). The number of carbonyl (C=O) groups excluding carboxylic acids is 1. The fourth-order valence-corrected chi connectivity index (χ4v) is 5.58. The third-order valence-electron chi connectivity index (χ3n) is 7.26. The largest absolute Gasteiger partial charge is 0.389 e. The van der Waals surface area contributed by atoms with Gasteiger partial charge >= 0.3 is 0 Å². The second kappa shape index (κ2) is 8.99. The van der Waals surface area contributed by atoms with Crippen molar-refractivity contribution in [1.29, 1.82) is 0 Å². The van der Waals surface area contributed by atoms with Crippen molar-refractivity contribution in [2.24, 2.45) is 5.92 Å². The molecule has 3 atom stereocenters. The Balaban J connectivity index is 1.71. The van der Waals surface area contributed by atoms with Gasteiger partial charge in [-0.25, -0.2) is 4.39 Å². The molecule has 5 heteroatoms. The van der Waals surface area contributed by atoms with E-state index in [0.29, 0.717) is 18.5 Å². The lowest BCUT2D eigenvalue weighted by Gasteiger charge is -2.52. The minimum absolute atomic E-state index is 0.00758. The van der Waals surface area contributed by atoms with Gasteiger partial charge in [0.2, 0.25) is 0 Å². The van der Waals surface area contributed by atoms with Crippen molar-refractivity contribution in [2.45, 2.75) is 57.6 Å². The molecule has 31 heavy (non-hydrogen) atoms. The Labute approximate surface area is 184 Å². The molecule has 2 fully saturated rings. The number of hydrogen-bond donors (Lipinski definition) is 1. The smallest absolute Gasteiger partial charge is 0.254 e. The Morgan fingerprint density at radius 1 is 1.13 bits per heavy atom. The Hall–Kier alpha value is -2.40. The van der Waals surface area contributed by atoms with Crippen LogP contribution in [0, 0.1) is 11.7 Å². The molecule has 1 aliphatic carbocycles. The van der Waals surface area contributed by atoms with E-state index in [4.69, 9.17) is 0 Å². The van der Waals surface area contributed by atoms with Crippen molar-refractivity contribution in [3.63, 3.8) is 0 Å². The highest BCUT2D eigenvalue weighted by Gasteiger charge is 2.50. The standard InChI is InChI=1S/C26H33FN2O2/c1-3-28(4-2)22-13-11-19(12-14-22)24-23-10-5-6-15-26(23,31)16-17-29(24)25(30)20-8-7-9-21(27)18-20/h7-9,11-14,18,23-24,31H,3-6,10,15-17H2,1-2H3/t23-,24-,26+/m1/s1. The zero-order valence-electron chi connectivity index (χ0n) is 18.6. The molecule has 0 unspecified atom stereocenters. The van der Waals surface area contributed by atoms with E-state index in [1.807, 2.05) is 4.90 Å². The molecule has 1 aliphatic heterocycles. The molecule has 0 spiro atoms. The lowest BCUT2D eigenvalue weighted by molar-refractivity contribution is -0.115. The first-order valence-electron chi connectivity index (χ1n) is 11.6. The van der Waals surface area contributed by atoms with E-state index in [1.54, 1.807) is 12.1 Å². The van der Waals surface area contributed by atoms with Gasteiger partial charge in [-0.3, -0.25) is 4.79 Å². The van der Waals surface area contributed by atoms with Crippen LogP contribution in [0.4, 0.5) is 10.1 Å². The predicted octanol–water partition coefficient (Wildman–Crippen LogP) is 5.18. The molecule has 0 aromatic heterocycles. The molecule has 1 saturated carbocycles. The molecule has 1 amide bonds. The van der Waals surface area contributed by atoms with Crippen LogP contribution in [-0.2, 0) is 0 Å². The van der Waals surface area contributed by atoms with Crippen molar-refractivity contribution < 1.29 is 14.3 Å². The summed E-state index contributed by atoms with van der Waals surface area (Å²) in [6.07, 6.45) is 4.34. The minimum Gasteiger partial charge on any atom is -0.389 e. The number of benzene rings is 2. The second-order valence-corrected chi connectivity index (χ2v) is 8.92. The lowest BCUT2D eigenvalue weighted by atomic mass is 9.66. The summed E-state index contributed by atoms with van der Waals surface area (Å²) in [7, 11) is 0. The highest BCUT2D eigenvalue weighted by Crippen LogP contribution is 2.49. The van der Waals surface area contributed by atoms with Crippen molar-refractivity contribution >= 4 is 11.6 Å². The van der Waals surface area contributed by atoms with E-state index in [1.165, 1.54) is 12.1 Å². The molecule has 2 aromatic rings.